The Morgan fingerprint density at radius 3 is 2.44 bits per heavy atom. The summed E-state index contributed by atoms with van der Waals surface area (Å²) >= 11 is 0. The van der Waals surface area contributed by atoms with Crippen molar-refractivity contribution in [1.82, 2.24) is 4.90 Å². The van der Waals surface area contributed by atoms with Crippen molar-refractivity contribution in [2.75, 3.05) is 13.1 Å². The summed E-state index contributed by atoms with van der Waals surface area (Å²) in [5.41, 5.74) is 10.8. The highest BCUT2D eigenvalue weighted by Gasteiger charge is 2.19. The number of amidine groups is 1. The van der Waals surface area contributed by atoms with Crippen molar-refractivity contribution in [3.8, 4) is 11.1 Å². The van der Waals surface area contributed by atoms with Crippen LogP contribution >= 0.6 is 0 Å². The van der Waals surface area contributed by atoms with Crippen molar-refractivity contribution in [1.29, 1.82) is 0 Å². The van der Waals surface area contributed by atoms with Gasteiger partial charge in [-0.1, -0.05) is 18.2 Å². The van der Waals surface area contributed by atoms with Gasteiger partial charge in [-0.2, -0.15) is 0 Å². The second-order valence-corrected chi connectivity index (χ2v) is 6.97. The Balaban J connectivity index is 1.63. The number of likely N-dealkylation sites (tertiary alicyclic amines) is 1. The second kappa shape index (κ2) is 7.19. The third kappa shape index (κ3) is 3.53. The van der Waals surface area contributed by atoms with Gasteiger partial charge in [-0.15, -0.1) is 0 Å². The summed E-state index contributed by atoms with van der Waals surface area (Å²) in [5, 5.41) is 0. The highest BCUT2D eigenvalue weighted by Crippen LogP contribution is 2.31. The number of hydrogen-bond donors (Lipinski definition) is 1. The van der Waals surface area contributed by atoms with Crippen LogP contribution in [0.1, 0.15) is 35.2 Å². The summed E-state index contributed by atoms with van der Waals surface area (Å²) in [5.74, 6) is 0.536. The summed E-state index contributed by atoms with van der Waals surface area (Å²) in [7, 11) is 0. The molecule has 4 rings (SSSR count). The van der Waals surface area contributed by atoms with Crippen LogP contribution in [0.2, 0.25) is 0 Å². The fraction of sp³-hybridized carbons (Fsp3) is 0.227. The molecule has 5 heteroatoms. The summed E-state index contributed by atoms with van der Waals surface area (Å²) in [6, 6.07) is 13.6. The van der Waals surface area contributed by atoms with E-state index >= 15 is 0 Å². The molecule has 0 spiro atoms. The zero-order valence-corrected chi connectivity index (χ0v) is 15.0. The molecule has 2 aromatic rings. The van der Waals surface area contributed by atoms with Gasteiger partial charge in [-0.05, 0) is 54.3 Å². The van der Waals surface area contributed by atoms with Crippen LogP contribution in [0.3, 0.4) is 0 Å². The van der Waals surface area contributed by atoms with Gasteiger partial charge in [0.15, 0.2) is 0 Å². The maximum Gasteiger partial charge on any atom is 0.253 e. The minimum atomic E-state index is 0.101. The Labute approximate surface area is 158 Å². The number of fused-ring (bicyclic) bond motifs is 1. The van der Waals surface area contributed by atoms with Crippen molar-refractivity contribution >= 4 is 29.8 Å². The van der Waals surface area contributed by atoms with E-state index in [1.54, 1.807) is 0 Å². The molecular formula is C22H21N3O2. The number of nitrogens with zero attached hydrogens (tertiary/aromatic N) is 2. The van der Waals surface area contributed by atoms with E-state index in [9.17, 15) is 9.59 Å². The molecule has 2 N–H and O–H groups in total. The minimum absolute atomic E-state index is 0.101. The summed E-state index contributed by atoms with van der Waals surface area (Å²) in [6.45, 7) is 1.70. The molecule has 5 nitrogen and oxygen atoms in total. The number of benzene rings is 2. The summed E-state index contributed by atoms with van der Waals surface area (Å²) in [4.78, 5) is 30.0. The molecule has 0 aromatic heterocycles. The van der Waals surface area contributed by atoms with E-state index in [1.807, 2.05) is 53.4 Å². The molecule has 2 aliphatic rings. The first kappa shape index (κ1) is 17.2. The predicted molar refractivity (Wildman–Crippen MR) is 107 cm³/mol. The van der Waals surface area contributed by atoms with Crippen LogP contribution in [0.25, 0.3) is 17.2 Å². The first-order valence-electron chi connectivity index (χ1n) is 9.16. The van der Waals surface area contributed by atoms with Crippen LogP contribution in [0, 0.1) is 0 Å². The molecule has 2 heterocycles. The van der Waals surface area contributed by atoms with Gasteiger partial charge in [-0.25, -0.2) is 4.99 Å². The Morgan fingerprint density at radius 2 is 1.74 bits per heavy atom. The van der Waals surface area contributed by atoms with Crippen molar-refractivity contribution in [3.63, 3.8) is 0 Å². The van der Waals surface area contributed by atoms with Crippen LogP contribution in [0.15, 0.2) is 53.0 Å². The molecule has 136 valence electrons. The number of aldehydes is 1. The third-order valence-electron chi connectivity index (χ3n) is 5.03. The van der Waals surface area contributed by atoms with Crippen molar-refractivity contribution in [2.24, 2.45) is 10.7 Å². The number of rotatable bonds is 3. The molecule has 0 unspecified atom stereocenters. The predicted octanol–water partition coefficient (Wildman–Crippen LogP) is 3.56. The first-order chi connectivity index (χ1) is 13.1. The fourth-order valence-corrected chi connectivity index (χ4v) is 3.59. The molecule has 0 bridgehead atoms. The van der Waals surface area contributed by atoms with Crippen LogP contribution in [-0.2, 0) is 4.79 Å². The molecule has 27 heavy (non-hydrogen) atoms. The quantitative estimate of drug-likeness (QED) is 0.851. The number of amides is 1. The van der Waals surface area contributed by atoms with Crippen molar-refractivity contribution < 1.29 is 9.59 Å². The number of carbonyl (C=O) groups excluding carboxylic acids is 2. The maximum absolute atomic E-state index is 12.5. The van der Waals surface area contributed by atoms with Crippen LogP contribution in [0.5, 0.6) is 0 Å². The average Bonchev–Trinajstić information content (AvgIpc) is 3.17. The molecule has 2 aliphatic heterocycles. The molecule has 1 fully saturated rings. The maximum atomic E-state index is 12.5. The lowest BCUT2D eigenvalue weighted by molar-refractivity contribution is -0.104. The molecule has 1 amide bonds. The fourth-order valence-electron chi connectivity index (χ4n) is 3.59. The summed E-state index contributed by atoms with van der Waals surface area (Å²) < 4.78 is 0. The second-order valence-electron chi connectivity index (χ2n) is 6.97. The van der Waals surface area contributed by atoms with Crippen molar-refractivity contribution in [3.05, 3.63) is 59.2 Å². The normalized spacial score (nSPS) is 16.2. The molecule has 1 saturated heterocycles. The Hall–Kier alpha value is -3.21. The molecule has 0 saturated carbocycles. The minimum Gasteiger partial charge on any atom is -0.387 e. The highest BCUT2D eigenvalue weighted by atomic mass is 16.2. The van der Waals surface area contributed by atoms with Gasteiger partial charge >= 0.3 is 0 Å². The van der Waals surface area contributed by atoms with E-state index < -0.39 is 0 Å². The zero-order valence-electron chi connectivity index (χ0n) is 15.0. The molecule has 0 atom stereocenters. The SMILES string of the molecule is NC1=Nc2ccc(-c3ccc(C(=O)N4CCCC4)cc3)cc2C=C(C=O)C1. The number of hydrogen-bond acceptors (Lipinski definition) is 4. The van der Waals surface area contributed by atoms with Gasteiger partial charge in [0.05, 0.1) is 5.69 Å². The van der Waals surface area contributed by atoms with Gasteiger partial charge in [0, 0.05) is 36.2 Å². The van der Waals surface area contributed by atoms with E-state index in [4.69, 9.17) is 5.73 Å². The van der Waals surface area contributed by atoms with Gasteiger partial charge in [-0.3, -0.25) is 9.59 Å². The van der Waals surface area contributed by atoms with Crippen LogP contribution in [-0.4, -0.2) is 36.0 Å². The lowest BCUT2D eigenvalue weighted by Crippen LogP contribution is -2.27. The smallest absolute Gasteiger partial charge is 0.253 e. The first-order valence-corrected chi connectivity index (χ1v) is 9.16. The highest BCUT2D eigenvalue weighted by molar-refractivity contribution is 5.98. The average molecular weight is 359 g/mol. The number of carbonyl (C=O) groups is 2. The van der Waals surface area contributed by atoms with E-state index in [1.165, 1.54) is 0 Å². The van der Waals surface area contributed by atoms with Crippen molar-refractivity contribution in [2.45, 2.75) is 19.3 Å². The van der Waals surface area contributed by atoms with E-state index in [-0.39, 0.29) is 5.91 Å². The summed E-state index contributed by atoms with van der Waals surface area (Å²) in [6.07, 6.45) is 5.19. The van der Waals surface area contributed by atoms with Gasteiger partial charge in [0.1, 0.15) is 12.1 Å². The largest absolute Gasteiger partial charge is 0.387 e. The molecule has 2 aromatic carbocycles. The van der Waals surface area contributed by atoms with Gasteiger partial charge in [0.2, 0.25) is 0 Å². The Kier molecular flexibility index (Phi) is 4.59. The van der Waals surface area contributed by atoms with Crippen LogP contribution in [0.4, 0.5) is 5.69 Å². The number of nitrogens with two attached hydrogens (primary N) is 1. The molecule has 0 aliphatic carbocycles. The van der Waals surface area contributed by atoms with E-state index in [0.717, 1.165) is 60.2 Å². The molecular weight excluding hydrogens is 338 g/mol. The monoisotopic (exact) mass is 359 g/mol. The van der Waals surface area contributed by atoms with E-state index in [2.05, 4.69) is 4.99 Å². The number of aliphatic imine (C=N–C) groups is 1. The standard InChI is InChI=1S/C22H21N3O2/c23-21-12-15(14-26)11-19-13-18(7-8-20(19)24-21)16-3-5-17(6-4-16)22(27)25-9-1-2-10-25/h3-8,11,13-14H,1-2,9-10,12H2,(H2,23,24). The van der Waals surface area contributed by atoms with E-state index in [0.29, 0.717) is 17.8 Å². The Bertz CT molecular complexity index is 952. The third-order valence-corrected chi connectivity index (χ3v) is 5.03. The van der Waals surface area contributed by atoms with Crippen LogP contribution < -0.4 is 5.73 Å². The lowest BCUT2D eigenvalue weighted by Gasteiger charge is -2.15. The van der Waals surface area contributed by atoms with Gasteiger partial charge in [0.25, 0.3) is 5.91 Å². The zero-order chi connectivity index (χ0) is 18.8. The topological polar surface area (TPSA) is 75.8 Å². The molecule has 0 radical (unpaired) electrons. The lowest BCUT2D eigenvalue weighted by atomic mass is 9.99. The Morgan fingerprint density at radius 1 is 1.04 bits per heavy atom. The van der Waals surface area contributed by atoms with Gasteiger partial charge < -0.3 is 10.6 Å².